The molecular weight excluding hydrogens is 400 g/mol. The smallest absolute Gasteiger partial charge is 0.262 e. The van der Waals surface area contributed by atoms with Crippen LogP contribution in [0.1, 0.15) is 12.5 Å². The first-order valence-electron chi connectivity index (χ1n) is 10.6. The van der Waals surface area contributed by atoms with Gasteiger partial charge in [-0.2, -0.15) is 0 Å². The molecule has 0 aliphatic heterocycles. The minimum Gasteiger partial charge on any atom is -0.484 e. The van der Waals surface area contributed by atoms with Crippen LogP contribution in [-0.2, 0) is 11.2 Å². The fourth-order valence-corrected chi connectivity index (χ4v) is 3.61. The van der Waals surface area contributed by atoms with Crippen molar-refractivity contribution in [2.75, 3.05) is 11.9 Å². The second kappa shape index (κ2) is 8.55. The summed E-state index contributed by atoms with van der Waals surface area (Å²) >= 11 is 0. The number of ether oxygens (including phenoxy) is 1. The lowest BCUT2D eigenvalue weighted by atomic mass is 10.1. The molecule has 5 rings (SSSR count). The topological polar surface area (TPSA) is 64.4 Å². The van der Waals surface area contributed by atoms with Gasteiger partial charge in [0, 0.05) is 11.3 Å². The molecule has 158 valence electrons. The van der Waals surface area contributed by atoms with Gasteiger partial charge in [0.05, 0.1) is 0 Å². The minimum absolute atomic E-state index is 0.0791. The second-order valence-corrected chi connectivity index (χ2v) is 7.60. The van der Waals surface area contributed by atoms with Crippen LogP contribution in [0.2, 0.25) is 0 Å². The number of nitrogens with one attached hydrogen (secondary N) is 1. The number of carbonyl (C=O) groups is 1. The molecule has 4 aromatic carbocycles. The quantitative estimate of drug-likeness (QED) is 0.352. The zero-order chi connectivity index (χ0) is 21.9. The zero-order valence-corrected chi connectivity index (χ0v) is 17.7. The molecule has 1 aromatic heterocycles. The molecule has 5 aromatic rings. The highest BCUT2D eigenvalue weighted by Crippen LogP contribution is 2.27. The Morgan fingerprint density at radius 1 is 0.938 bits per heavy atom. The van der Waals surface area contributed by atoms with Crippen molar-refractivity contribution in [2.24, 2.45) is 0 Å². The molecule has 0 spiro atoms. The van der Waals surface area contributed by atoms with E-state index in [-0.39, 0.29) is 12.5 Å². The molecule has 1 N–H and O–H groups in total. The summed E-state index contributed by atoms with van der Waals surface area (Å²) in [5.74, 6) is 0.978. The molecule has 0 radical (unpaired) electrons. The normalized spacial score (nSPS) is 11.0. The number of hydrogen-bond donors (Lipinski definition) is 1. The number of amides is 1. The molecule has 0 saturated heterocycles. The fourth-order valence-electron chi connectivity index (χ4n) is 3.61. The Hall–Kier alpha value is -4.12. The van der Waals surface area contributed by atoms with Crippen molar-refractivity contribution in [3.05, 3.63) is 90.5 Å². The molecule has 5 nitrogen and oxygen atoms in total. The van der Waals surface area contributed by atoms with Crippen LogP contribution in [0.3, 0.4) is 0 Å². The molecule has 0 saturated carbocycles. The molecule has 5 heteroatoms. The Morgan fingerprint density at radius 3 is 2.56 bits per heavy atom. The molecule has 32 heavy (non-hydrogen) atoms. The van der Waals surface area contributed by atoms with Gasteiger partial charge in [0.1, 0.15) is 11.3 Å². The van der Waals surface area contributed by atoms with E-state index in [0.717, 1.165) is 22.8 Å². The molecule has 0 aliphatic rings. The zero-order valence-electron chi connectivity index (χ0n) is 17.7. The number of anilines is 1. The first-order valence-corrected chi connectivity index (χ1v) is 10.6. The number of oxazole rings is 1. The summed E-state index contributed by atoms with van der Waals surface area (Å²) in [5.41, 5.74) is 4.19. The van der Waals surface area contributed by atoms with Gasteiger partial charge in [-0.3, -0.25) is 4.79 Å². The van der Waals surface area contributed by atoms with E-state index < -0.39 is 0 Å². The monoisotopic (exact) mass is 422 g/mol. The second-order valence-electron chi connectivity index (χ2n) is 7.60. The van der Waals surface area contributed by atoms with Crippen LogP contribution in [0, 0.1) is 0 Å². The van der Waals surface area contributed by atoms with E-state index in [1.807, 2.05) is 60.7 Å². The Balaban J connectivity index is 1.26. The van der Waals surface area contributed by atoms with Gasteiger partial charge in [-0.25, -0.2) is 4.98 Å². The lowest BCUT2D eigenvalue weighted by Crippen LogP contribution is -2.20. The highest BCUT2D eigenvalue weighted by atomic mass is 16.5. The van der Waals surface area contributed by atoms with Gasteiger partial charge < -0.3 is 14.5 Å². The van der Waals surface area contributed by atoms with Gasteiger partial charge in [0.2, 0.25) is 5.89 Å². The summed E-state index contributed by atoms with van der Waals surface area (Å²) in [5, 5.41) is 5.06. The number of hydrogen-bond acceptors (Lipinski definition) is 4. The molecule has 1 heterocycles. The molecule has 0 fully saturated rings. The average molecular weight is 422 g/mol. The fraction of sp³-hybridized carbons (Fsp3) is 0.111. The van der Waals surface area contributed by atoms with E-state index in [9.17, 15) is 4.79 Å². The van der Waals surface area contributed by atoms with Gasteiger partial charge in [-0.05, 0) is 65.2 Å². The highest BCUT2D eigenvalue weighted by molar-refractivity contribution is 5.94. The summed E-state index contributed by atoms with van der Waals surface area (Å²) < 4.78 is 11.5. The molecule has 0 bridgehead atoms. The van der Waals surface area contributed by atoms with Crippen molar-refractivity contribution in [1.82, 2.24) is 4.98 Å². The van der Waals surface area contributed by atoms with Crippen molar-refractivity contribution < 1.29 is 13.9 Å². The van der Waals surface area contributed by atoms with Crippen molar-refractivity contribution >= 4 is 33.5 Å². The van der Waals surface area contributed by atoms with Crippen molar-refractivity contribution in [3.8, 4) is 17.2 Å². The molecular formula is C27H22N2O3. The Kier molecular flexibility index (Phi) is 5.30. The van der Waals surface area contributed by atoms with E-state index in [0.29, 0.717) is 28.4 Å². The van der Waals surface area contributed by atoms with Crippen LogP contribution in [-0.4, -0.2) is 17.5 Å². The Labute approximate surface area is 185 Å². The van der Waals surface area contributed by atoms with E-state index in [2.05, 4.69) is 29.4 Å². The highest BCUT2D eigenvalue weighted by Gasteiger charge is 2.11. The van der Waals surface area contributed by atoms with Gasteiger partial charge in [-0.1, -0.05) is 49.4 Å². The van der Waals surface area contributed by atoms with Gasteiger partial charge in [0.15, 0.2) is 12.2 Å². The summed E-state index contributed by atoms with van der Waals surface area (Å²) in [6.07, 6.45) is 0.988. The average Bonchev–Trinajstić information content (AvgIpc) is 3.26. The maximum atomic E-state index is 12.4. The van der Waals surface area contributed by atoms with Crippen molar-refractivity contribution in [3.63, 3.8) is 0 Å². The number of aryl methyl sites for hydroxylation is 1. The standard InChI is InChI=1S/C27H22N2O3/c1-2-18-7-9-20(10-8-18)27-29-24-16-22(12-14-25(24)32-27)28-26(30)17-31-23-13-11-19-5-3-4-6-21(19)15-23/h3-16H,2,17H2,1H3,(H,28,30). The maximum absolute atomic E-state index is 12.4. The van der Waals surface area contributed by atoms with E-state index in [1.165, 1.54) is 5.56 Å². The minimum atomic E-state index is -0.239. The first-order chi connectivity index (χ1) is 15.7. The summed E-state index contributed by atoms with van der Waals surface area (Å²) in [4.78, 5) is 17.0. The summed E-state index contributed by atoms with van der Waals surface area (Å²) in [7, 11) is 0. The summed E-state index contributed by atoms with van der Waals surface area (Å²) in [6.45, 7) is 2.04. The number of carbonyl (C=O) groups excluding carboxylic acids is 1. The molecule has 1 amide bonds. The lowest BCUT2D eigenvalue weighted by Gasteiger charge is -2.08. The predicted octanol–water partition coefficient (Wildman–Crippen LogP) is 6.23. The number of nitrogens with zero attached hydrogens (tertiary/aromatic N) is 1. The van der Waals surface area contributed by atoms with Crippen molar-refractivity contribution in [2.45, 2.75) is 13.3 Å². The maximum Gasteiger partial charge on any atom is 0.262 e. The van der Waals surface area contributed by atoms with Crippen molar-refractivity contribution in [1.29, 1.82) is 0 Å². The third-order valence-corrected chi connectivity index (χ3v) is 5.37. The molecule has 0 aliphatic carbocycles. The van der Waals surface area contributed by atoms with Crippen LogP contribution < -0.4 is 10.1 Å². The first kappa shape index (κ1) is 19.8. The van der Waals surface area contributed by atoms with Gasteiger partial charge in [-0.15, -0.1) is 0 Å². The van der Waals surface area contributed by atoms with E-state index >= 15 is 0 Å². The number of aromatic nitrogens is 1. The number of rotatable bonds is 6. The summed E-state index contributed by atoms with van der Waals surface area (Å²) in [6, 6.07) is 27.4. The Morgan fingerprint density at radius 2 is 1.75 bits per heavy atom. The molecule has 0 atom stereocenters. The van der Waals surface area contributed by atoms with E-state index in [1.54, 1.807) is 12.1 Å². The largest absolute Gasteiger partial charge is 0.484 e. The van der Waals surface area contributed by atoms with Crippen LogP contribution in [0.15, 0.2) is 89.3 Å². The van der Waals surface area contributed by atoms with Crippen LogP contribution in [0.4, 0.5) is 5.69 Å². The van der Waals surface area contributed by atoms with Crippen LogP contribution >= 0.6 is 0 Å². The number of fused-ring (bicyclic) bond motifs is 2. The van der Waals surface area contributed by atoms with E-state index in [4.69, 9.17) is 9.15 Å². The lowest BCUT2D eigenvalue weighted by molar-refractivity contribution is -0.118. The van der Waals surface area contributed by atoms with Gasteiger partial charge in [0.25, 0.3) is 5.91 Å². The Bertz CT molecular complexity index is 1400. The third kappa shape index (κ3) is 4.18. The van der Waals surface area contributed by atoms with Crippen LogP contribution in [0.5, 0.6) is 5.75 Å². The third-order valence-electron chi connectivity index (χ3n) is 5.37. The van der Waals surface area contributed by atoms with Gasteiger partial charge >= 0.3 is 0 Å². The molecule has 0 unspecified atom stereocenters. The predicted molar refractivity (Wildman–Crippen MR) is 127 cm³/mol. The van der Waals surface area contributed by atoms with Crippen LogP contribution in [0.25, 0.3) is 33.3 Å². The SMILES string of the molecule is CCc1ccc(-c2nc3cc(NC(=O)COc4ccc5ccccc5c4)ccc3o2)cc1. The number of benzene rings is 4.